The van der Waals surface area contributed by atoms with Gasteiger partial charge in [-0.3, -0.25) is 0 Å². The van der Waals surface area contributed by atoms with E-state index in [0.29, 0.717) is 17.8 Å². The van der Waals surface area contributed by atoms with Crippen molar-refractivity contribution in [2.45, 2.75) is 18.7 Å². The van der Waals surface area contributed by atoms with Gasteiger partial charge in [-0.2, -0.15) is 4.98 Å². The highest BCUT2D eigenvalue weighted by atomic mass is 35.5. The summed E-state index contributed by atoms with van der Waals surface area (Å²) in [6.45, 7) is 1.88. The molecule has 0 amide bonds. The average Bonchev–Trinajstić information content (AvgIpc) is 2.81. The summed E-state index contributed by atoms with van der Waals surface area (Å²) < 4.78 is 30.7. The number of hydrogen-bond donors (Lipinski definition) is 0. The topological polar surface area (TPSA) is 38.9 Å². The second-order valence-corrected chi connectivity index (χ2v) is 3.99. The van der Waals surface area contributed by atoms with Crippen LogP contribution in [0.1, 0.15) is 24.5 Å². The number of rotatable bonds is 3. The summed E-state index contributed by atoms with van der Waals surface area (Å²) in [5.74, 6) is -1.41. The molecule has 0 aliphatic heterocycles. The molecule has 17 heavy (non-hydrogen) atoms. The van der Waals surface area contributed by atoms with Gasteiger partial charge in [0.25, 0.3) is 5.89 Å². The molecule has 0 bridgehead atoms. The van der Waals surface area contributed by atoms with E-state index >= 15 is 0 Å². The molecule has 3 nitrogen and oxygen atoms in total. The van der Waals surface area contributed by atoms with Gasteiger partial charge in [0.1, 0.15) is 0 Å². The lowest BCUT2D eigenvalue weighted by Crippen LogP contribution is -1.91. The molecule has 0 saturated heterocycles. The molecule has 1 heterocycles. The standard InChI is InChI=1S/C11H9ClF2N2O/c1-2-7(12)10-15-11(17-16-10)6-3-4-8(13)9(14)5-6/h3-5,7H,2H2,1H3. The summed E-state index contributed by atoms with van der Waals surface area (Å²) in [4.78, 5) is 4.02. The van der Waals surface area contributed by atoms with E-state index in [1.54, 1.807) is 0 Å². The van der Waals surface area contributed by atoms with Crippen LogP contribution in [0.25, 0.3) is 11.5 Å². The minimum Gasteiger partial charge on any atom is -0.334 e. The molecular weight excluding hydrogens is 250 g/mol. The lowest BCUT2D eigenvalue weighted by molar-refractivity contribution is 0.420. The van der Waals surface area contributed by atoms with Gasteiger partial charge >= 0.3 is 0 Å². The van der Waals surface area contributed by atoms with Crippen molar-refractivity contribution in [2.24, 2.45) is 0 Å². The molecule has 90 valence electrons. The zero-order valence-corrected chi connectivity index (χ0v) is 9.71. The Morgan fingerprint density at radius 1 is 1.35 bits per heavy atom. The zero-order chi connectivity index (χ0) is 12.4. The molecule has 1 atom stereocenters. The largest absolute Gasteiger partial charge is 0.334 e. The first kappa shape index (κ1) is 12.0. The van der Waals surface area contributed by atoms with E-state index in [1.807, 2.05) is 6.92 Å². The van der Waals surface area contributed by atoms with Gasteiger partial charge in [-0.15, -0.1) is 11.6 Å². The van der Waals surface area contributed by atoms with Gasteiger partial charge in [0, 0.05) is 5.56 Å². The van der Waals surface area contributed by atoms with Crippen LogP contribution in [0.3, 0.4) is 0 Å². The fourth-order valence-corrected chi connectivity index (χ4v) is 1.38. The molecule has 0 aliphatic carbocycles. The number of benzene rings is 1. The van der Waals surface area contributed by atoms with Crippen molar-refractivity contribution in [1.82, 2.24) is 10.1 Å². The van der Waals surface area contributed by atoms with Gasteiger partial charge in [-0.1, -0.05) is 12.1 Å². The van der Waals surface area contributed by atoms with Crippen LogP contribution in [0.5, 0.6) is 0 Å². The van der Waals surface area contributed by atoms with E-state index in [0.717, 1.165) is 12.1 Å². The first-order valence-electron chi connectivity index (χ1n) is 5.05. The third kappa shape index (κ3) is 2.44. The highest BCUT2D eigenvalue weighted by Crippen LogP contribution is 2.25. The lowest BCUT2D eigenvalue weighted by atomic mass is 10.2. The maximum atomic E-state index is 13.0. The van der Waals surface area contributed by atoms with Crippen molar-refractivity contribution in [3.05, 3.63) is 35.7 Å². The Hall–Kier alpha value is -1.49. The van der Waals surface area contributed by atoms with Crippen LogP contribution in [0.2, 0.25) is 0 Å². The maximum Gasteiger partial charge on any atom is 0.258 e. The Morgan fingerprint density at radius 2 is 2.12 bits per heavy atom. The van der Waals surface area contributed by atoms with Crippen LogP contribution in [0, 0.1) is 11.6 Å². The Morgan fingerprint density at radius 3 is 2.76 bits per heavy atom. The summed E-state index contributed by atoms with van der Waals surface area (Å²) in [6, 6.07) is 3.37. The van der Waals surface area contributed by atoms with Crippen LogP contribution in [0.4, 0.5) is 8.78 Å². The molecule has 6 heteroatoms. The van der Waals surface area contributed by atoms with Gasteiger partial charge in [0.05, 0.1) is 5.38 Å². The summed E-state index contributed by atoms with van der Waals surface area (Å²) in [7, 11) is 0. The normalized spacial score (nSPS) is 12.7. The Balaban J connectivity index is 2.33. The second-order valence-electron chi connectivity index (χ2n) is 3.46. The quantitative estimate of drug-likeness (QED) is 0.788. The number of aromatic nitrogens is 2. The molecule has 1 aromatic heterocycles. The van der Waals surface area contributed by atoms with E-state index in [9.17, 15) is 8.78 Å². The number of alkyl halides is 1. The van der Waals surface area contributed by atoms with Crippen molar-refractivity contribution in [3.8, 4) is 11.5 Å². The van der Waals surface area contributed by atoms with Crippen LogP contribution in [-0.4, -0.2) is 10.1 Å². The summed E-state index contributed by atoms with van der Waals surface area (Å²) >= 11 is 5.93. The Kier molecular flexibility index (Phi) is 3.38. The van der Waals surface area contributed by atoms with E-state index in [1.165, 1.54) is 6.07 Å². The molecule has 2 aromatic rings. The summed E-state index contributed by atoms with van der Waals surface area (Å²) in [6.07, 6.45) is 0.651. The molecular formula is C11H9ClF2N2O. The molecule has 1 unspecified atom stereocenters. The molecule has 0 saturated carbocycles. The van der Waals surface area contributed by atoms with Gasteiger partial charge in [-0.25, -0.2) is 8.78 Å². The Bertz CT molecular complexity index is 530. The van der Waals surface area contributed by atoms with Crippen LogP contribution in [-0.2, 0) is 0 Å². The third-order valence-corrected chi connectivity index (χ3v) is 2.75. The predicted octanol–water partition coefficient (Wildman–Crippen LogP) is 3.70. The van der Waals surface area contributed by atoms with E-state index in [-0.39, 0.29) is 11.3 Å². The van der Waals surface area contributed by atoms with Gasteiger partial charge in [0.2, 0.25) is 0 Å². The molecule has 0 N–H and O–H groups in total. The fourth-order valence-electron chi connectivity index (χ4n) is 1.29. The maximum absolute atomic E-state index is 13.0. The van der Waals surface area contributed by atoms with Crippen LogP contribution in [0.15, 0.2) is 22.7 Å². The predicted molar refractivity (Wildman–Crippen MR) is 58.5 cm³/mol. The van der Waals surface area contributed by atoms with Crippen molar-refractivity contribution in [3.63, 3.8) is 0 Å². The van der Waals surface area contributed by atoms with Crippen molar-refractivity contribution in [2.75, 3.05) is 0 Å². The lowest BCUT2D eigenvalue weighted by Gasteiger charge is -1.97. The molecule has 0 spiro atoms. The van der Waals surface area contributed by atoms with Crippen molar-refractivity contribution < 1.29 is 13.3 Å². The second kappa shape index (κ2) is 4.79. The van der Waals surface area contributed by atoms with E-state index in [2.05, 4.69) is 10.1 Å². The molecule has 0 aliphatic rings. The fraction of sp³-hybridized carbons (Fsp3) is 0.273. The molecule has 0 radical (unpaired) electrons. The average molecular weight is 259 g/mol. The molecule has 0 fully saturated rings. The van der Waals surface area contributed by atoms with E-state index in [4.69, 9.17) is 16.1 Å². The van der Waals surface area contributed by atoms with Crippen LogP contribution >= 0.6 is 11.6 Å². The van der Waals surface area contributed by atoms with Gasteiger partial charge < -0.3 is 4.52 Å². The number of hydrogen-bond acceptors (Lipinski definition) is 3. The summed E-state index contributed by atoms with van der Waals surface area (Å²) in [5.41, 5.74) is 0.322. The molecule has 1 aromatic carbocycles. The van der Waals surface area contributed by atoms with Gasteiger partial charge in [-0.05, 0) is 24.6 Å². The minimum absolute atomic E-state index is 0.123. The smallest absolute Gasteiger partial charge is 0.258 e. The zero-order valence-electron chi connectivity index (χ0n) is 8.95. The first-order valence-corrected chi connectivity index (χ1v) is 5.48. The SMILES string of the molecule is CCC(Cl)c1noc(-c2ccc(F)c(F)c2)n1. The Labute approximate surface area is 101 Å². The van der Waals surface area contributed by atoms with Crippen molar-refractivity contribution in [1.29, 1.82) is 0 Å². The summed E-state index contributed by atoms with van der Waals surface area (Å²) in [5, 5.41) is 3.33. The molecule has 2 rings (SSSR count). The van der Waals surface area contributed by atoms with Gasteiger partial charge in [0.15, 0.2) is 17.5 Å². The first-order chi connectivity index (χ1) is 8.11. The highest BCUT2D eigenvalue weighted by molar-refractivity contribution is 6.20. The van der Waals surface area contributed by atoms with Crippen LogP contribution < -0.4 is 0 Å². The monoisotopic (exact) mass is 258 g/mol. The third-order valence-electron chi connectivity index (χ3n) is 2.25. The number of halogens is 3. The van der Waals surface area contributed by atoms with E-state index < -0.39 is 11.6 Å². The highest BCUT2D eigenvalue weighted by Gasteiger charge is 2.15. The minimum atomic E-state index is -0.958. The number of nitrogens with zero attached hydrogens (tertiary/aromatic N) is 2. The van der Waals surface area contributed by atoms with Crippen molar-refractivity contribution >= 4 is 11.6 Å².